The molecule has 0 radical (unpaired) electrons. The first kappa shape index (κ1) is 17.3. The minimum Gasteiger partial charge on any atom is -0.481 e. The van der Waals surface area contributed by atoms with E-state index in [2.05, 4.69) is 5.32 Å². The van der Waals surface area contributed by atoms with Gasteiger partial charge in [0.15, 0.2) is 18.2 Å². The standard InChI is InChI=1S/C14H20F2N2O3/c1-14(20,9-18(2)3)8-17-13(19)7-21-12-5-4-10(15)6-11(12)16/h4-6,20H,7-9H2,1-3H3,(H,17,19). The summed E-state index contributed by atoms with van der Waals surface area (Å²) in [6, 6.07) is 2.83. The summed E-state index contributed by atoms with van der Waals surface area (Å²) in [6.45, 7) is 1.59. The van der Waals surface area contributed by atoms with E-state index in [4.69, 9.17) is 4.74 Å². The molecule has 0 heterocycles. The number of carbonyl (C=O) groups is 1. The van der Waals surface area contributed by atoms with Crippen molar-refractivity contribution in [2.24, 2.45) is 0 Å². The van der Waals surface area contributed by atoms with E-state index in [0.29, 0.717) is 12.6 Å². The first-order valence-electron chi connectivity index (χ1n) is 6.41. The van der Waals surface area contributed by atoms with Crippen molar-refractivity contribution in [1.29, 1.82) is 0 Å². The number of halogens is 2. The molecular formula is C14H20F2N2O3. The largest absolute Gasteiger partial charge is 0.481 e. The highest BCUT2D eigenvalue weighted by molar-refractivity contribution is 5.77. The lowest BCUT2D eigenvalue weighted by molar-refractivity contribution is -0.124. The van der Waals surface area contributed by atoms with Crippen molar-refractivity contribution < 1.29 is 23.4 Å². The van der Waals surface area contributed by atoms with Gasteiger partial charge in [0.2, 0.25) is 0 Å². The van der Waals surface area contributed by atoms with E-state index < -0.39 is 29.7 Å². The van der Waals surface area contributed by atoms with Crippen LogP contribution in [0.1, 0.15) is 6.92 Å². The molecule has 1 rings (SSSR count). The zero-order valence-corrected chi connectivity index (χ0v) is 12.3. The van der Waals surface area contributed by atoms with Crippen molar-refractivity contribution in [3.05, 3.63) is 29.8 Å². The number of rotatable bonds is 7. The molecule has 0 bridgehead atoms. The van der Waals surface area contributed by atoms with Crippen LogP contribution in [0.25, 0.3) is 0 Å². The minimum absolute atomic E-state index is 0.0409. The highest BCUT2D eigenvalue weighted by Crippen LogP contribution is 2.17. The van der Waals surface area contributed by atoms with Crippen LogP contribution in [0.4, 0.5) is 8.78 Å². The Kier molecular flexibility index (Phi) is 6.04. The van der Waals surface area contributed by atoms with E-state index in [9.17, 15) is 18.7 Å². The fraction of sp³-hybridized carbons (Fsp3) is 0.500. The number of aliphatic hydroxyl groups is 1. The SMILES string of the molecule is CN(C)CC(C)(O)CNC(=O)COc1ccc(F)cc1F. The van der Waals surface area contributed by atoms with Gasteiger partial charge < -0.3 is 20.1 Å². The molecule has 21 heavy (non-hydrogen) atoms. The molecule has 1 amide bonds. The Morgan fingerprint density at radius 2 is 2.10 bits per heavy atom. The Bertz CT molecular complexity index is 493. The molecule has 118 valence electrons. The molecule has 0 saturated heterocycles. The van der Waals surface area contributed by atoms with Gasteiger partial charge in [0, 0.05) is 19.2 Å². The fourth-order valence-corrected chi connectivity index (χ4v) is 1.81. The molecule has 1 aromatic carbocycles. The first-order chi connectivity index (χ1) is 9.69. The highest BCUT2D eigenvalue weighted by atomic mass is 19.1. The molecule has 0 aliphatic rings. The maximum Gasteiger partial charge on any atom is 0.258 e. The number of benzene rings is 1. The smallest absolute Gasteiger partial charge is 0.258 e. The van der Waals surface area contributed by atoms with Crippen LogP contribution in [0.15, 0.2) is 18.2 Å². The Labute approximate surface area is 122 Å². The number of nitrogens with zero attached hydrogens (tertiary/aromatic N) is 1. The second-order valence-corrected chi connectivity index (χ2v) is 5.37. The van der Waals surface area contributed by atoms with E-state index in [0.717, 1.165) is 12.1 Å². The average molecular weight is 302 g/mol. The summed E-state index contributed by atoms with van der Waals surface area (Å²) in [7, 11) is 3.60. The van der Waals surface area contributed by atoms with Gasteiger partial charge in [-0.05, 0) is 33.2 Å². The molecule has 0 aliphatic carbocycles. The van der Waals surface area contributed by atoms with Crippen LogP contribution in [0.2, 0.25) is 0 Å². The molecule has 0 spiro atoms. The van der Waals surface area contributed by atoms with E-state index in [1.165, 1.54) is 0 Å². The predicted molar refractivity (Wildman–Crippen MR) is 74.0 cm³/mol. The Morgan fingerprint density at radius 1 is 1.43 bits per heavy atom. The van der Waals surface area contributed by atoms with Gasteiger partial charge in [0.25, 0.3) is 5.91 Å². The van der Waals surface area contributed by atoms with Gasteiger partial charge in [-0.1, -0.05) is 0 Å². The zero-order chi connectivity index (χ0) is 16.0. The number of carbonyl (C=O) groups excluding carboxylic acids is 1. The lowest BCUT2D eigenvalue weighted by atomic mass is 10.1. The number of hydrogen-bond donors (Lipinski definition) is 2. The summed E-state index contributed by atoms with van der Waals surface area (Å²) in [6.07, 6.45) is 0. The van der Waals surface area contributed by atoms with Crippen molar-refractivity contribution in [2.45, 2.75) is 12.5 Å². The summed E-state index contributed by atoms with van der Waals surface area (Å²) < 4.78 is 30.9. The van der Waals surface area contributed by atoms with Crippen molar-refractivity contribution >= 4 is 5.91 Å². The molecule has 5 nitrogen and oxygen atoms in total. The second kappa shape index (κ2) is 7.33. The van der Waals surface area contributed by atoms with Gasteiger partial charge in [-0.2, -0.15) is 0 Å². The molecule has 0 aliphatic heterocycles. The van der Waals surface area contributed by atoms with Crippen molar-refractivity contribution in [1.82, 2.24) is 10.2 Å². The Balaban J connectivity index is 2.41. The normalized spacial score (nSPS) is 13.9. The Morgan fingerprint density at radius 3 is 2.67 bits per heavy atom. The minimum atomic E-state index is -1.08. The molecule has 7 heteroatoms. The number of nitrogens with one attached hydrogen (secondary N) is 1. The highest BCUT2D eigenvalue weighted by Gasteiger charge is 2.22. The van der Waals surface area contributed by atoms with Crippen LogP contribution in [-0.4, -0.2) is 55.3 Å². The third-order valence-corrected chi connectivity index (χ3v) is 2.58. The number of hydrogen-bond acceptors (Lipinski definition) is 4. The number of amides is 1. The molecule has 1 unspecified atom stereocenters. The third kappa shape index (κ3) is 6.50. The topological polar surface area (TPSA) is 61.8 Å². The summed E-state index contributed by atoms with van der Waals surface area (Å²) in [5.41, 5.74) is -1.08. The van der Waals surface area contributed by atoms with Crippen LogP contribution in [0.3, 0.4) is 0 Å². The molecule has 0 fully saturated rings. The van der Waals surface area contributed by atoms with Crippen LogP contribution in [0.5, 0.6) is 5.75 Å². The van der Waals surface area contributed by atoms with Gasteiger partial charge in [-0.3, -0.25) is 4.79 Å². The number of likely N-dealkylation sites (N-methyl/N-ethyl adjacent to an activating group) is 1. The molecular weight excluding hydrogens is 282 g/mol. The van der Waals surface area contributed by atoms with Crippen LogP contribution in [0, 0.1) is 11.6 Å². The van der Waals surface area contributed by atoms with E-state index in [-0.39, 0.29) is 12.3 Å². The van der Waals surface area contributed by atoms with Gasteiger partial charge in [-0.15, -0.1) is 0 Å². The maximum atomic E-state index is 13.3. The summed E-state index contributed by atoms with van der Waals surface area (Å²) in [4.78, 5) is 13.4. The number of ether oxygens (including phenoxy) is 1. The van der Waals surface area contributed by atoms with Crippen LogP contribution < -0.4 is 10.1 Å². The monoisotopic (exact) mass is 302 g/mol. The van der Waals surface area contributed by atoms with Crippen LogP contribution >= 0.6 is 0 Å². The lowest BCUT2D eigenvalue weighted by Gasteiger charge is -2.27. The summed E-state index contributed by atoms with van der Waals surface area (Å²) in [5, 5.41) is 12.5. The molecule has 0 saturated carbocycles. The quantitative estimate of drug-likeness (QED) is 0.781. The van der Waals surface area contributed by atoms with Crippen LogP contribution in [-0.2, 0) is 4.79 Å². The first-order valence-corrected chi connectivity index (χ1v) is 6.41. The van der Waals surface area contributed by atoms with Gasteiger partial charge >= 0.3 is 0 Å². The van der Waals surface area contributed by atoms with Gasteiger partial charge in [0.1, 0.15) is 5.82 Å². The fourth-order valence-electron chi connectivity index (χ4n) is 1.81. The van der Waals surface area contributed by atoms with Crippen molar-refractivity contribution in [2.75, 3.05) is 33.8 Å². The van der Waals surface area contributed by atoms with Gasteiger partial charge in [0.05, 0.1) is 5.60 Å². The van der Waals surface area contributed by atoms with Crippen molar-refractivity contribution in [3.63, 3.8) is 0 Å². The van der Waals surface area contributed by atoms with Crippen molar-refractivity contribution in [3.8, 4) is 5.75 Å². The Hall–Kier alpha value is -1.73. The third-order valence-electron chi connectivity index (χ3n) is 2.58. The molecule has 0 aromatic heterocycles. The lowest BCUT2D eigenvalue weighted by Crippen LogP contribution is -2.48. The molecule has 1 atom stereocenters. The molecule has 1 aromatic rings. The second-order valence-electron chi connectivity index (χ2n) is 5.37. The van der Waals surface area contributed by atoms with E-state index in [1.807, 2.05) is 0 Å². The van der Waals surface area contributed by atoms with E-state index >= 15 is 0 Å². The average Bonchev–Trinajstić information content (AvgIpc) is 2.34. The van der Waals surface area contributed by atoms with Gasteiger partial charge in [-0.25, -0.2) is 8.78 Å². The molecule has 2 N–H and O–H groups in total. The summed E-state index contributed by atoms with van der Waals surface area (Å²) in [5.74, 6) is -2.30. The van der Waals surface area contributed by atoms with E-state index in [1.54, 1.807) is 25.9 Å². The summed E-state index contributed by atoms with van der Waals surface area (Å²) >= 11 is 0. The zero-order valence-electron chi connectivity index (χ0n) is 12.3. The maximum absolute atomic E-state index is 13.3. The predicted octanol–water partition coefficient (Wildman–Crippen LogP) is 0.772.